The number of benzene rings is 2. The largest absolute Gasteiger partial charge is 0.481 e. The summed E-state index contributed by atoms with van der Waals surface area (Å²) in [4.78, 5) is 23.7. The van der Waals surface area contributed by atoms with Gasteiger partial charge in [0.15, 0.2) is 6.10 Å². The SMILES string of the molecule is COC(=O)c1cccc(NC(=O)C(C)Oc2ccc(C)cc2)c1. The molecule has 1 amide bonds. The Labute approximate surface area is 135 Å². The van der Waals surface area contributed by atoms with Gasteiger partial charge in [0.05, 0.1) is 12.7 Å². The molecule has 0 aromatic heterocycles. The summed E-state index contributed by atoms with van der Waals surface area (Å²) in [6.45, 7) is 3.65. The third-order valence-corrected chi connectivity index (χ3v) is 3.25. The van der Waals surface area contributed by atoms with Gasteiger partial charge in [-0.15, -0.1) is 0 Å². The van der Waals surface area contributed by atoms with E-state index in [2.05, 4.69) is 10.1 Å². The molecule has 23 heavy (non-hydrogen) atoms. The average Bonchev–Trinajstić information content (AvgIpc) is 2.56. The van der Waals surface area contributed by atoms with Crippen LogP contribution in [0.1, 0.15) is 22.8 Å². The molecule has 0 bridgehead atoms. The van der Waals surface area contributed by atoms with Crippen molar-refractivity contribution in [2.75, 3.05) is 12.4 Å². The van der Waals surface area contributed by atoms with Crippen molar-refractivity contribution < 1.29 is 19.1 Å². The monoisotopic (exact) mass is 313 g/mol. The molecule has 1 N–H and O–H groups in total. The first kappa shape index (κ1) is 16.5. The van der Waals surface area contributed by atoms with Gasteiger partial charge in [0, 0.05) is 5.69 Å². The third kappa shape index (κ3) is 4.57. The number of nitrogens with one attached hydrogen (secondary N) is 1. The number of hydrogen-bond donors (Lipinski definition) is 1. The van der Waals surface area contributed by atoms with Gasteiger partial charge in [0.1, 0.15) is 5.75 Å². The molecule has 0 radical (unpaired) electrons. The molecule has 0 aliphatic carbocycles. The molecule has 2 aromatic rings. The molecule has 0 heterocycles. The van der Waals surface area contributed by atoms with Crippen molar-refractivity contribution >= 4 is 17.6 Å². The minimum atomic E-state index is -0.667. The molecule has 5 heteroatoms. The van der Waals surface area contributed by atoms with Crippen LogP contribution in [0.15, 0.2) is 48.5 Å². The second kappa shape index (κ2) is 7.45. The number of anilines is 1. The van der Waals surface area contributed by atoms with Gasteiger partial charge >= 0.3 is 5.97 Å². The van der Waals surface area contributed by atoms with E-state index in [4.69, 9.17) is 4.74 Å². The Bertz CT molecular complexity index is 694. The van der Waals surface area contributed by atoms with Gasteiger partial charge in [-0.2, -0.15) is 0 Å². The Morgan fingerprint density at radius 3 is 2.43 bits per heavy atom. The third-order valence-electron chi connectivity index (χ3n) is 3.25. The van der Waals surface area contributed by atoms with Gasteiger partial charge in [-0.05, 0) is 44.2 Å². The summed E-state index contributed by atoms with van der Waals surface area (Å²) in [7, 11) is 1.31. The van der Waals surface area contributed by atoms with Gasteiger partial charge < -0.3 is 14.8 Å². The fourth-order valence-corrected chi connectivity index (χ4v) is 1.96. The zero-order chi connectivity index (χ0) is 16.8. The second-order valence-electron chi connectivity index (χ2n) is 5.13. The van der Waals surface area contributed by atoms with Gasteiger partial charge in [0.2, 0.25) is 0 Å². The maximum atomic E-state index is 12.2. The van der Waals surface area contributed by atoms with E-state index in [-0.39, 0.29) is 5.91 Å². The number of hydrogen-bond acceptors (Lipinski definition) is 4. The molecule has 1 unspecified atom stereocenters. The lowest BCUT2D eigenvalue weighted by molar-refractivity contribution is -0.122. The van der Waals surface area contributed by atoms with E-state index in [9.17, 15) is 9.59 Å². The Balaban J connectivity index is 2.00. The minimum absolute atomic E-state index is 0.299. The van der Waals surface area contributed by atoms with E-state index in [1.165, 1.54) is 7.11 Å². The van der Waals surface area contributed by atoms with Gasteiger partial charge in [0.25, 0.3) is 5.91 Å². The normalized spacial score (nSPS) is 11.4. The fourth-order valence-electron chi connectivity index (χ4n) is 1.96. The van der Waals surface area contributed by atoms with Crippen molar-refractivity contribution in [2.45, 2.75) is 20.0 Å². The van der Waals surface area contributed by atoms with Crippen molar-refractivity contribution in [1.82, 2.24) is 0 Å². The number of rotatable bonds is 5. The number of esters is 1. The van der Waals surface area contributed by atoms with Crippen LogP contribution in [0.4, 0.5) is 5.69 Å². The van der Waals surface area contributed by atoms with Crippen LogP contribution in [-0.2, 0) is 9.53 Å². The van der Waals surface area contributed by atoms with Crippen molar-refractivity contribution in [3.8, 4) is 5.75 Å². The minimum Gasteiger partial charge on any atom is -0.481 e. The van der Waals surface area contributed by atoms with Crippen molar-refractivity contribution in [3.05, 3.63) is 59.7 Å². The standard InChI is InChI=1S/C18H19NO4/c1-12-7-9-16(10-8-12)23-13(2)17(20)19-15-6-4-5-14(11-15)18(21)22-3/h4-11,13H,1-3H3,(H,19,20). The van der Waals surface area contributed by atoms with Crippen LogP contribution in [0.3, 0.4) is 0 Å². The van der Waals surface area contributed by atoms with Crippen LogP contribution >= 0.6 is 0 Å². The lowest BCUT2D eigenvalue weighted by Gasteiger charge is -2.15. The maximum absolute atomic E-state index is 12.2. The van der Waals surface area contributed by atoms with E-state index >= 15 is 0 Å². The predicted molar refractivity (Wildman–Crippen MR) is 87.7 cm³/mol. The molecule has 0 aliphatic rings. The van der Waals surface area contributed by atoms with E-state index < -0.39 is 12.1 Å². The molecular weight excluding hydrogens is 294 g/mol. The summed E-state index contributed by atoms with van der Waals surface area (Å²) in [5.41, 5.74) is 2.00. The van der Waals surface area contributed by atoms with Gasteiger partial charge in [-0.3, -0.25) is 4.79 Å². The Morgan fingerprint density at radius 1 is 1.09 bits per heavy atom. The number of amides is 1. The molecule has 0 saturated carbocycles. The lowest BCUT2D eigenvalue weighted by atomic mass is 10.2. The van der Waals surface area contributed by atoms with Crippen LogP contribution in [0, 0.1) is 6.92 Å². The highest BCUT2D eigenvalue weighted by molar-refractivity contribution is 5.96. The molecule has 120 valence electrons. The first-order valence-electron chi connectivity index (χ1n) is 7.22. The number of carbonyl (C=O) groups is 2. The van der Waals surface area contributed by atoms with Gasteiger partial charge in [-0.1, -0.05) is 23.8 Å². The van der Waals surface area contributed by atoms with Crippen molar-refractivity contribution in [1.29, 1.82) is 0 Å². The zero-order valence-corrected chi connectivity index (χ0v) is 13.3. The van der Waals surface area contributed by atoms with E-state index in [1.54, 1.807) is 31.2 Å². The first-order valence-corrected chi connectivity index (χ1v) is 7.22. The molecule has 0 aliphatic heterocycles. The highest BCUT2D eigenvalue weighted by Crippen LogP contribution is 2.15. The quantitative estimate of drug-likeness (QED) is 0.861. The molecule has 2 rings (SSSR count). The van der Waals surface area contributed by atoms with Crippen molar-refractivity contribution in [3.63, 3.8) is 0 Å². The van der Waals surface area contributed by atoms with Crippen LogP contribution in [0.25, 0.3) is 0 Å². The molecule has 0 spiro atoms. The lowest BCUT2D eigenvalue weighted by Crippen LogP contribution is -2.30. The van der Waals surface area contributed by atoms with Crippen LogP contribution in [0.2, 0.25) is 0 Å². The Hall–Kier alpha value is -2.82. The summed E-state index contributed by atoms with van der Waals surface area (Å²) in [5, 5.41) is 2.72. The molecule has 2 aromatic carbocycles. The zero-order valence-electron chi connectivity index (χ0n) is 13.3. The molecule has 0 fully saturated rings. The smallest absolute Gasteiger partial charge is 0.337 e. The summed E-state index contributed by atoms with van der Waals surface area (Å²) >= 11 is 0. The molecule has 0 saturated heterocycles. The van der Waals surface area contributed by atoms with E-state index in [1.807, 2.05) is 31.2 Å². The first-order chi connectivity index (χ1) is 11.0. The number of carbonyl (C=O) groups excluding carboxylic acids is 2. The van der Waals surface area contributed by atoms with E-state index in [0.29, 0.717) is 17.0 Å². The van der Waals surface area contributed by atoms with Crippen LogP contribution in [0.5, 0.6) is 5.75 Å². The summed E-state index contributed by atoms with van der Waals surface area (Å²) in [5.74, 6) is -0.126. The number of ether oxygens (including phenoxy) is 2. The fraction of sp³-hybridized carbons (Fsp3) is 0.222. The number of methoxy groups -OCH3 is 1. The summed E-state index contributed by atoms with van der Waals surface area (Å²) < 4.78 is 10.3. The maximum Gasteiger partial charge on any atom is 0.337 e. The molecular formula is C18H19NO4. The predicted octanol–water partition coefficient (Wildman–Crippen LogP) is 3.19. The highest BCUT2D eigenvalue weighted by Gasteiger charge is 2.15. The van der Waals surface area contributed by atoms with Crippen molar-refractivity contribution in [2.24, 2.45) is 0 Å². The summed E-state index contributed by atoms with van der Waals surface area (Å²) in [6, 6.07) is 14.0. The Morgan fingerprint density at radius 2 is 1.78 bits per heavy atom. The summed E-state index contributed by atoms with van der Waals surface area (Å²) in [6.07, 6.45) is -0.667. The molecule has 5 nitrogen and oxygen atoms in total. The van der Waals surface area contributed by atoms with E-state index in [0.717, 1.165) is 5.56 Å². The highest BCUT2D eigenvalue weighted by atomic mass is 16.5. The van der Waals surface area contributed by atoms with Crippen LogP contribution < -0.4 is 10.1 Å². The average molecular weight is 313 g/mol. The Kier molecular flexibility index (Phi) is 5.36. The van der Waals surface area contributed by atoms with Gasteiger partial charge in [-0.25, -0.2) is 4.79 Å². The topological polar surface area (TPSA) is 64.6 Å². The second-order valence-corrected chi connectivity index (χ2v) is 5.13. The molecule has 1 atom stereocenters. The number of aryl methyl sites for hydroxylation is 1. The van der Waals surface area contributed by atoms with Crippen LogP contribution in [-0.4, -0.2) is 25.1 Å².